The first-order valence-corrected chi connectivity index (χ1v) is 9.77. The van der Waals surface area contributed by atoms with Gasteiger partial charge in [0.05, 0.1) is 5.92 Å². The minimum atomic E-state index is -0.666. The van der Waals surface area contributed by atoms with Crippen LogP contribution < -0.4 is 4.74 Å². The predicted molar refractivity (Wildman–Crippen MR) is 107 cm³/mol. The summed E-state index contributed by atoms with van der Waals surface area (Å²) >= 11 is 0. The van der Waals surface area contributed by atoms with Crippen LogP contribution in [-0.2, 0) is 11.2 Å². The number of rotatable bonds is 7. The third-order valence-electron chi connectivity index (χ3n) is 5.53. The maximum Gasteiger partial charge on any atom is 0.306 e. The molecule has 0 spiro atoms. The second-order valence-corrected chi connectivity index (χ2v) is 7.60. The van der Waals surface area contributed by atoms with Gasteiger partial charge in [0.1, 0.15) is 12.4 Å². The van der Waals surface area contributed by atoms with Gasteiger partial charge in [-0.1, -0.05) is 42.5 Å². The average molecular weight is 367 g/mol. The van der Waals surface area contributed by atoms with Crippen molar-refractivity contribution < 1.29 is 14.6 Å². The molecule has 144 valence electrons. The summed E-state index contributed by atoms with van der Waals surface area (Å²) in [6.07, 6.45) is 2.36. The van der Waals surface area contributed by atoms with Gasteiger partial charge in [0.25, 0.3) is 0 Å². The number of hydrogen-bond donors (Lipinski definition) is 1. The predicted octanol–water partition coefficient (Wildman–Crippen LogP) is 4.23. The van der Waals surface area contributed by atoms with E-state index in [1.807, 2.05) is 18.2 Å². The number of aliphatic carboxylic acids is 1. The maximum absolute atomic E-state index is 11.3. The van der Waals surface area contributed by atoms with Crippen LogP contribution in [0.4, 0.5) is 0 Å². The first-order chi connectivity index (χ1) is 13.0. The standard InChI is InChI=1S/C23H29NO3/c1-17-14-21(23(25)26)15-18(2)24(17)12-13-27-22-10-8-20(9-11-22)16-19-6-4-3-5-7-19/h3-11,17-18,21H,12-16H2,1-2H3,(H,25,26)/t17-,18+,21?. The first-order valence-electron chi connectivity index (χ1n) is 9.77. The lowest BCUT2D eigenvalue weighted by Crippen LogP contribution is -2.49. The van der Waals surface area contributed by atoms with E-state index in [1.165, 1.54) is 11.1 Å². The molecule has 1 unspecified atom stereocenters. The van der Waals surface area contributed by atoms with Crippen LogP contribution in [0.25, 0.3) is 0 Å². The second-order valence-electron chi connectivity index (χ2n) is 7.60. The number of ether oxygens (including phenoxy) is 1. The van der Waals surface area contributed by atoms with Crippen LogP contribution in [0.1, 0.15) is 37.8 Å². The van der Waals surface area contributed by atoms with Crippen LogP contribution in [0, 0.1) is 5.92 Å². The van der Waals surface area contributed by atoms with Crippen molar-refractivity contribution >= 4 is 5.97 Å². The van der Waals surface area contributed by atoms with E-state index in [0.29, 0.717) is 19.4 Å². The molecule has 1 fully saturated rings. The van der Waals surface area contributed by atoms with E-state index in [0.717, 1.165) is 18.7 Å². The highest BCUT2D eigenvalue weighted by Crippen LogP contribution is 2.27. The zero-order chi connectivity index (χ0) is 19.2. The molecule has 4 nitrogen and oxygen atoms in total. The first kappa shape index (κ1) is 19.4. The summed E-state index contributed by atoms with van der Waals surface area (Å²) in [6.45, 7) is 5.67. The molecule has 2 aromatic carbocycles. The number of nitrogens with zero attached hydrogens (tertiary/aromatic N) is 1. The summed E-state index contributed by atoms with van der Waals surface area (Å²) in [4.78, 5) is 13.6. The van der Waals surface area contributed by atoms with E-state index in [1.54, 1.807) is 0 Å². The van der Waals surface area contributed by atoms with Crippen molar-refractivity contribution in [3.05, 3.63) is 65.7 Å². The van der Waals surface area contributed by atoms with Crippen LogP contribution in [0.15, 0.2) is 54.6 Å². The molecule has 0 saturated carbocycles. The summed E-state index contributed by atoms with van der Waals surface area (Å²) in [7, 11) is 0. The van der Waals surface area contributed by atoms with Crippen molar-refractivity contribution in [2.24, 2.45) is 5.92 Å². The molecule has 4 heteroatoms. The summed E-state index contributed by atoms with van der Waals surface area (Å²) in [5.41, 5.74) is 2.57. The molecule has 0 bridgehead atoms. The fourth-order valence-electron chi connectivity index (χ4n) is 4.07. The van der Waals surface area contributed by atoms with Crippen molar-refractivity contribution in [3.8, 4) is 5.75 Å². The Hall–Kier alpha value is -2.33. The summed E-state index contributed by atoms with van der Waals surface area (Å²) in [5.74, 6) is -0.00272. The minimum absolute atomic E-state index is 0.218. The zero-order valence-electron chi connectivity index (χ0n) is 16.2. The van der Waals surface area contributed by atoms with Gasteiger partial charge in [-0.3, -0.25) is 9.69 Å². The Morgan fingerprint density at radius 2 is 1.59 bits per heavy atom. The highest BCUT2D eigenvalue weighted by molar-refractivity contribution is 5.70. The van der Waals surface area contributed by atoms with Crippen LogP contribution in [0.3, 0.4) is 0 Å². The molecule has 1 heterocycles. The van der Waals surface area contributed by atoms with Crippen LogP contribution >= 0.6 is 0 Å². The normalized spacial score (nSPS) is 23.1. The Morgan fingerprint density at radius 1 is 1.00 bits per heavy atom. The fraction of sp³-hybridized carbons (Fsp3) is 0.435. The highest BCUT2D eigenvalue weighted by atomic mass is 16.5. The number of carboxylic acid groups (broad SMARTS) is 1. The smallest absolute Gasteiger partial charge is 0.306 e. The number of carbonyl (C=O) groups is 1. The fourth-order valence-corrected chi connectivity index (χ4v) is 4.07. The van der Waals surface area contributed by atoms with Crippen molar-refractivity contribution in [2.75, 3.05) is 13.2 Å². The van der Waals surface area contributed by atoms with E-state index in [9.17, 15) is 9.90 Å². The molecular formula is C23H29NO3. The molecule has 0 amide bonds. The number of benzene rings is 2. The van der Waals surface area contributed by atoms with Crippen LogP contribution in [-0.4, -0.2) is 41.2 Å². The van der Waals surface area contributed by atoms with Crippen LogP contribution in [0.2, 0.25) is 0 Å². The molecule has 0 radical (unpaired) electrons. The monoisotopic (exact) mass is 367 g/mol. The minimum Gasteiger partial charge on any atom is -0.492 e. The molecule has 1 N–H and O–H groups in total. The maximum atomic E-state index is 11.3. The molecule has 1 saturated heterocycles. The summed E-state index contributed by atoms with van der Waals surface area (Å²) < 4.78 is 5.93. The Labute approximate surface area is 161 Å². The number of piperidine rings is 1. The zero-order valence-corrected chi connectivity index (χ0v) is 16.2. The van der Waals surface area contributed by atoms with Crippen molar-refractivity contribution in [2.45, 2.75) is 45.2 Å². The molecule has 1 aliphatic rings. The van der Waals surface area contributed by atoms with Crippen molar-refractivity contribution in [1.29, 1.82) is 0 Å². The molecule has 1 aliphatic heterocycles. The molecule has 27 heavy (non-hydrogen) atoms. The van der Waals surface area contributed by atoms with Gasteiger partial charge in [-0.25, -0.2) is 0 Å². The van der Waals surface area contributed by atoms with Gasteiger partial charge >= 0.3 is 5.97 Å². The third-order valence-corrected chi connectivity index (χ3v) is 5.53. The highest BCUT2D eigenvalue weighted by Gasteiger charge is 2.33. The topological polar surface area (TPSA) is 49.8 Å². The number of carboxylic acids is 1. The van der Waals surface area contributed by atoms with E-state index in [4.69, 9.17) is 4.74 Å². The lowest BCUT2D eigenvalue weighted by molar-refractivity contribution is -0.145. The van der Waals surface area contributed by atoms with Gasteiger partial charge in [0.2, 0.25) is 0 Å². The lowest BCUT2D eigenvalue weighted by Gasteiger charge is -2.41. The Kier molecular flexibility index (Phi) is 6.51. The number of likely N-dealkylation sites (tertiary alicyclic amines) is 1. The Morgan fingerprint density at radius 3 is 2.19 bits per heavy atom. The molecular weight excluding hydrogens is 338 g/mol. The summed E-state index contributed by atoms with van der Waals surface area (Å²) in [5, 5.41) is 9.26. The van der Waals surface area contributed by atoms with Gasteiger partial charge in [0, 0.05) is 18.6 Å². The van der Waals surface area contributed by atoms with E-state index in [-0.39, 0.29) is 18.0 Å². The molecule has 2 aromatic rings. The Bertz CT molecular complexity index is 717. The van der Waals surface area contributed by atoms with Gasteiger partial charge in [-0.2, -0.15) is 0 Å². The van der Waals surface area contributed by atoms with Gasteiger partial charge in [-0.05, 0) is 56.4 Å². The van der Waals surface area contributed by atoms with E-state index >= 15 is 0 Å². The largest absolute Gasteiger partial charge is 0.492 e. The van der Waals surface area contributed by atoms with Crippen LogP contribution in [0.5, 0.6) is 5.75 Å². The van der Waals surface area contributed by atoms with E-state index < -0.39 is 5.97 Å². The van der Waals surface area contributed by atoms with Gasteiger partial charge in [-0.15, -0.1) is 0 Å². The average Bonchev–Trinajstić information content (AvgIpc) is 2.66. The van der Waals surface area contributed by atoms with Crippen molar-refractivity contribution in [3.63, 3.8) is 0 Å². The second kappa shape index (κ2) is 9.05. The summed E-state index contributed by atoms with van der Waals surface area (Å²) in [6, 6.07) is 19.3. The molecule has 3 rings (SSSR count). The Balaban J connectivity index is 1.47. The van der Waals surface area contributed by atoms with Gasteiger partial charge < -0.3 is 9.84 Å². The van der Waals surface area contributed by atoms with Crippen molar-refractivity contribution in [1.82, 2.24) is 4.90 Å². The third kappa shape index (κ3) is 5.33. The SMILES string of the molecule is C[C@@H]1CC(C(=O)O)C[C@H](C)N1CCOc1ccc(Cc2ccccc2)cc1. The quantitative estimate of drug-likeness (QED) is 0.796. The molecule has 0 aliphatic carbocycles. The molecule has 3 atom stereocenters. The van der Waals surface area contributed by atoms with E-state index in [2.05, 4.69) is 55.1 Å². The molecule has 0 aromatic heterocycles. The lowest BCUT2D eigenvalue weighted by atomic mass is 9.87. The number of hydrogen-bond acceptors (Lipinski definition) is 3. The van der Waals surface area contributed by atoms with Gasteiger partial charge in [0.15, 0.2) is 0 Å².